The van der Waals surface area contributed by atoms with Crippen molar-refractivity contribution >= 4 is 34.4 Å². The summed E-state index contributed by atoms with van der Waals surface area (Å²) in [6, 6.07) is 5.15. The Bertz CT molecular complexity index is 1030. The van der Waals surface area contributed by atoms with E-state index >= 15 is 0 Å². The minimum atomic E-state index is -0.436. The second kappa shape index (κ2) is 6.48. The highest BCUT2D eigenvalue weighted by molar-refractivity contribution is 6.31. The van der Waals surface area contributed by atoms with Gasteiger partial charge in [0.2, 0.25) is 5.91 Å². The maximum absolute atomic E-state index is 12.7. The van der Waals surface area contributed by atoms with Gasteiger partial charge in [-0.15, -0.1) is 5.10 Å². The molecule has 0 radical (unpaired) electrons. The van der Waals surface area contributed by atoms with E-state index in [-0.39, 0.29) is 11.9 Å². The Hall–Kier alpha value is -2.61. The number of hydrogen-bond donors (Lipinski definition) is 2. The van der Waals surface area contributed by atoms with Crippen LogP contribution in [0.2, 0.25) is 5.02 Å². The van der Waals surface area contributed by atoms with Crippen molar-refractivity contribution in [2.45, 2.75) is 38.6 Å². The van der Waals surface area contributed by atoms with E-state index in [0.29, 0.717) is 22.0 Å². The predicted octanol–water partition coefficient (Wildman–Crippen LogP) is 3.47. The third-order valence-electron chi connectivity index (χ3n) is 5.96. The molecule has 146 valence electrons. The molecule has 1 aliphatic heterocycles. The molecule has 3 heterocycles. The fourth-order valence-corrected chi connectivity index (χ4v) is 4.10. The Morgan fingerprint density at radius 3 is 2.82 bits per heavy atom. The topological polar surface area (TPSA) is 99.9 Å². The smallest absolute Gasteiger partial charge is 0.316 e. The minimum absolute atomic E-state index is 0.0639. The number of anilines is 1. The summed E-state index contributed by atoms with van der Waals surface area (Å²) in [4.78, 5) is 14.7. The lowest BCUT2D eigenvalue weighted by Gasteiger charge is -2.33. The Morgan fingerprint density at radius 2 is 2.07 bits per heavy atom. The summed E-state index contributed by atoms with van der Waals surface area (Å²) in [6.07, 6.45) is 4.87. The van der Waals surface area contributed by atoms with Gasteiger partial charge in [0.05, 0.1) is 5.52 Å². The third-order valence-corrected chi connectivity index (χ3v) is 6.19. The molecule has 1 saturated carbocycles. The summed E-state index contributed by atoms with van der Waals surface area (Å²) in [5.74, 6) is 0.356. The molecule has 9 heteroatoms. The Balaban J connectivity index is 1.28. The van der Waals surface area contributed by atoms with Crippen molar-refractivity contribution in [1.29, 1.82) is 0 Å². The van der Waals surface area contributed by atoms with Crippen LogP contribution in [-0.2, 0) is 4.79 Å². The van der Waals surface area contributed by atoms with E-state index in [9.17, 15) is 4.79 Å². The van der Waals surface area contributed by atoms with Gasteiger partial charge in [0, 0.05) is 23.5 Å². The first-order valence-corrected chi connectivity index (χ1v) is 9.94. The first-order valence-electron chi connectivity index (χ1n) is 9.56. The zero-order valence-electron chi connectivity index (χ0n) is 15.5. The van der Waals surface area contributed by atoms with Crippen LogP contribution in [0.5, 0.6) is 0 Å². The van der Waals surface area contributed by atoms with Gasteiger partial charge in [-0.25, -0.2) is 0 Å². The van der Waals surface area contributed by atoms with Crippen LogP contribution >= 0.6 is 11.6 Å². The van der Waals surface area contributed by atoms with Gasteiger partial charge >= 0.3 is 6.01 Å². The van der Waals surface area contributed by atoms with Gasteiger partial charge in [-0.2, -0.15) is 5.10 Å². The van der Waals surface area contributed by atoms with Gasteiger partial charge in [-0.3, -0.25) is 9.89 Å². The van der Waals surface area contributed by atoms with E-state index in [2.05, 4.69) is 25.7 Å². The summed E-state index contributed by atoms with van der Waals surface area (Å²) >= 11 is 6.08. The standard InChI is InChI=1S/C19H21ClN6O2/c1-11(17(27)26-8-6-19(4-5-19)7-9-26)21-18-25-24-16(28-18)15-13-10-12(20)2-3-14(13)22-23-15/h2-3,10-11H,4-9H2,1H3,(H,21,25)(H,22,23)/t11-/m1/s1. The molecule has 2 aromatic heterocycles. The van der Waals surface area contributed by atoms with Gasteiger partial charge in [0.15, 0.2) is 0 Å². The van der Waals surface area contributed by atoms with Crippen LogP contribution in [0, 0.1) is 5.41 Å². The van der Waals surface area contributed by atoms with E-state index in [4.69, 9.17) is 16.0 Å². The summed E-state index contributed by atoms with van der Waals surface area (Å²) in [7, 11) is 0. The number of rotatable bonds is 4. The van der Waals surface area contributed by atoms with Crippen LogP contribution in [0.4, 0.5) is 6.01 Å². The van der Waals surface area contributed by atoms with E-state index < -0.39 is 6.04 Å². The molecule has 2 fully saturated rings. The first kappa shape index (κ1) is 17.5. The normalized spacial score (nSPS) is 19.1. The molecule has 0 unspecified atom stereocenters. The molecule has 1 aliphatic carbocycles. The molecule has 2 aliphatic rings. The van der Waals surface area contributed by atoms with Gasteiger partial charge in [0.1, 0.15) is 11.7 Å². The quantitative estimate of drug-likeness (QED) is 0.695. The van der Waals surface area contributed by atoms with Crippen LogP contribution in [0.25, 0.3) is 22.5 Å². The number of amides is 1. The zero-order chi connectivity index (χ0) is 19.3. The molecule has 0 bridgehead atoms. The van der Waals surface area contributed by atoms with Crippen molar-refractivity contribution in [2.24, 2.45) is 5.41 Å². The number of hydrogen-bond acceptors (Lipinski definition) is 6. The lowest BCUT2D eigenvalue weighted by molar-refractivity contribution is -0.133. The molecule has 28 heavy (non-hydrogen) atoms. The van der Waals surface area contributed by atoms with Crippen LogP contribution < -0.4 is 5.32 Å². The number of likely N-dealkylation sites (tertiary alicyclic amines) is 1. The van der Waals surface area contributed by atoms with E-state index in [1.165, 1.54) is 12.8 Å². The van der Waals surface area contributed by atoms with Crippen LogP contribution in [0.3, 0.4) is 0 Å². The van der Waals surface area contributed by atoms with Gasteiger partial charge < -0.3 is 14.6 Å². The number of benzene rings is 1. The zero-order valence-corrected chi connectivity index (χ0v) is 16.3. The monoisotopic (exact) mass is 400 g/mol. The molecule has 1 spiro atoms. The molecule has 1 amide bonds. The molecular formula is C19H21ClN6O2. The number of aromatic nitrogens is 4. The summed E-state index contributed by atoms with van der Waals surface area (Å²) < 4.78 is 5.71. The fourth-order valence-electron chi connectivity index (χ4n) is 3.93. The molecular weight excluding hydrogens is 380 g/mol. The molecule has 1 aromatic carbocycles. The number of carbonyl (C=O) groups is 1. The minimum Gasteiger partial charge on any atom is -0.402 e. The Kier molecular flexibility index (Phi) is 4.04. The largest absolute Gasteiger partial charge is 0.402 e. The summed E-state index contributed by atoms with van der Waals surface area (Å²) in [5, 5.41) is 19.6. The third kappa shape index (κ3) is 3.11. The highest BCUT2D eigenvalue weighted by atomic mass is 35.5. The number of aromatic amines is 1. The number of nitrogens with one attached hydrogen (secondary N) is 2. The van der Waals surface area contributed by atoms with Gasteiger partial charge in [0.25, 0.3) is 5.89 Å². The molecule has 1 atom stereocenters. The fraction of sp³-hybridized carbons (Fsp3) is 0.474. The van der Waals surface area contributed by atoms with Crippen molar-refractivity contribution in [3.05, 3.63) is 23.2 Å². The maximum atomic E-state index is 12.7. The summed E-state index contributed by atoms with van der Waals surface area (Å²) in [5.41, 5.74) is 1.90. The molecule has 8 nitrogen and oxygen atoms in total. The second-order valence-corrected chi connectivity index (χ2v) is 8.30. The number of carbonyl (C=O) groups excluding carboxylic acids is 1. The van der Waals surface area contributed by atoms with Gasteiger partial charge in [-0.05, 0) is 56.2 Å². The lowest BCUT2D eigenvalue weighted by atomic mass is 9.93. The maximum Gasteiger partial charge on any atom is 0.316 e. The predicted molar refractivity (Wildman–Crippen MR) is 105 cm³/mol. The van der Waals surface area contributed by atoms with Crippen LogP contribution in [0.1, 0.15) is 32.6 Å². The highest BCUT2D eigenvalue weighted by Gasteiger charge is 2.45. The van der Waals surface area contributed by atoms with E-state index in [1.807, 2.05) is 17.9 Å². The van der Waals surface area contributed by atoms with Crippen molar-refractivity contribution in [1.82, 2.24) is 25.3 Å². The SMILES string of the molecule is C[C@@H](Nc1nnc(-c2[nH]nc3ccc(Cl)cc23)o1)C(=O)N1CCC2(CC1)CC2. The molecule has 5 rings (SSSR count). The number of halogens is 1. The van der Waals surface area contributed by atoms with E-state index in [0.717, 1.165) is 36.8 Å². The van der Waals surface area contributed by atoms with Crippen molar-refractivity contribution < 1.29 is 9.21 Å². The van der Waals surface area contributed by atoms with Crippen LogP contribution in [-0.4, -0.2) is 50.3 Å². The van der Waals surface area contributed by atoms with E-state index in [1.54, 1.807) is 12.1 Å². The molecule has 2 N–H and O–H groups in total. The average Bonchev–Trinajstić information content (AvgIpc) is 3.10. The van der Waals surface area contributed by atoms with Crippen LogP contribution in [0.15, 0.2) is 22.6 Å². The number of H-pyrrole nitrogens is 1. The van der Waals surface area contributed by atoms with Gasteiger partial charge in [-0.1, -0.05) is 16.7 Å². The average molecular weight is 401 g/mol. The van der Waals surface area contributed by atoms with Crippen molar-refractivity contribution in [2.75, 3.05) is 18.4 Å². The van der Waals surface area contributed by atoms with Crippen molar-refractivity contribution in [3.8, 4) is 11.6 Å². The second-order valence-electron chi connectivity index (χ2n) is 7.86. The highest BCUT2D eigenvalue weighted by Crippen LogP contribution is 2.53. The lowest BCUT2D eigenvalue weighted by Crippen LogP contribution is -2.45. The number of fused-ring (bicyclic) bond motifs is 1. The number of piperidine rings is 1. The Morgan fingerprint density at radius 1 is 1.29 bits per heavy atom. The Labute approximate surface area is 166 Å². The molecule has 3 aromatic rings. The van der Waals surface area contributed by atoms with Crippen molar-refractivity contribution in [3.63, 3.8) is 0 Å². The summed E-state index contributed by atoms with van der Waals surface area (Å²) in [6.45, 7) is 3.49. The molecule has 1 saturated heterocycles. The first-order chi connectivity index (χ1) is 13.5. The number of nitrogens with zero attached hydrogens (tertiary/aromatic N) is 4.